The van der Waals surface area contributed by atoms with Gasteiger partial charge in [0, 0.05) is 6.54 Å². The van der Waals surface area contributed by atoms with Crippen molar-refractivity contribution in [3.63, 3.8) is 0 Å². The van der Waals surface area contributed by atoms with Crippen LogP contribution in [0.15, 0.2) is 30.3 Å². The van der Waals surface area contributed by atoms with E-state index < -0.39 is 0 Å². The summed E-state index contributed by atoms with van der Waals surface area (Å²) < 4.78 is 10.5. The fourth-order valence-electron chi connectivity index (χ4n) is 1.40. The highest BCUT2D eigenvalue weighted by atomic mass is 16.6. The molecule has 0 amide bonds. The molecule has 0 saturated carbocycles. The maximum atomic E-state index is 11.5. The number of nitrogens with one attached hydrogen (secondary N) is 1. The van der Waals surface area contributed by atoms with Crippen molar-refractivity contribution in [2.75, 3.05) is 26.3 Å². The lowest BCUT2D eigenvalue weighted by Crippen LogP contribution is -2.28. The predicted molar refractivity (Wildman–Crippen MR) is 70.6 cm³/mol. The summed E-state index contributed by atoms with van der Waals surface area (Å²) in [5.41, 5.74) is 0. The topological polar surface area (TPSA) is 47.6 Å². The first-order chi connectivity index (χ1) is 8.74. The molecule has 0 aliphatic rings. The van der Waals surface area contributed by atoms with Gasteiger partial charge in [-0.25, -0.2) is 0 Å². The quantitative estimate of drug-likeness (QED) is 0.566. The first-order valence-corrected chi connectivity index (χ1v) is 6.29. The van der Waals surface area contributed by atoms with Crippen molar-refractivity contribution in [3.8, 4) is 5.75 Å². The van der Waals surface area contributed by atoms with E-state index in [1.54, 1.807) is 0 Å². The summed E-state index contributed by atoms with van der Waals surface area (Å²) in [5.74, 6) is 0.475. The number of carbonyl (C=O) groups is 1. The molecule has 0 bridgehead atoms. The van der Waals surface area contributed by atoms with Gasteiger partial charge in [0.2, 0.25) is 0 Å². The van der Waals surface area contributed by atoms with Crippen LogP contribution in [0.5, 0.6) is 5.75 Å². The molecule has 4 heteroatoms. The summed E-state index contributed by atoms with van der Waals surface area (Å²) in [7, 11) is 0. The van der Waals surface area contributed by atoms with E-state index in [0.717, 1.165) is 12.3 Å². The van der Waals surface area contributed by atoms with Crippen LogP contribution in [0.1, 0.15) is 13.8 Å². The average molecular weight is 251 g/mol. The molecule has 0 aliphatic carbocycles. The highest BCUT2D eigenvalue weighted by Gasteiger charge is 2.13. The van der Waals surface area contributed by atoms with Gasteiger partial charge in [-0.2, -0.15) is 0 Å². The third kappa shape index (κ3) is 5.68. The second-order valence-corrected chi connectivity index (χ2v) is 4.04. The number of benzene rings is 1. The van der Waals surface area contributed by atoms with Crippen LogP contribution in [0.4, 0.5) is 0 Å². The van der Waals surface area contributed by atoms with E-state index in [2.05, 4.69) is 5.32 Å². The van der Waals surface area contributed by atoms with Crippen LogP contribution in [0.25, 0.3) is 0 Å². The lowest BCUT2D eigenvalue weighted by Gasteiger charge is -2.12. The number of hydrogen-bond acceptors (Lipinski definition) is 4. The third-order valence-corrected chi connectivity index (χ3v) is 2.44. The number of ether oxygens (including phenoxy) is 2. The third-order valence-electron chi connectivity index (χ3n) is 2.44. The van der Waals surface area contributed by atoms with Gasteiger partial charge in [0.25, 0.3) is 0 Å². The van der Waals surface area contributed by atoms with Crippen molar-refractivity contribution in [2.24, 2.45) is 5.92 Å². The fraction of sp³-hybridized carbons (Fsp3) is 0.500. The molecular formula is C14H21NO3. The van der Waals surface area contributed by atoms with Crippen LogP contribution < -0.4 is 10.1 Å². The molecule has 0 aliphatic heterocycles. The maximum absolute atomic E-state index is 11.5. The number of hydrogen-bond donors (Lipinski definition) is 1. The zero-order valence-electron chi connectivity index (χ0n) is 11.0. The molecule has 0 aromatic heterocycles. The van der Waals surface area contributed by atoms with Crippen molar-refractivity contribution in [1.82, 2.24) is 5.32 Å². The van der Waals surface area contributed by atoms with E-state index in [1.165, 1.54) is 0 Å². The Hall–Kier alpha value is -1.55. The van der Waals surface area contributed by atoms with Gasteiger partial charge in [-0.05, 0) is 18.7 Å². The summed E-state index contributed by atoms with van der Waals surface area (Å²) in [5, 5.41) is 3.11. The van der Waals surface area contributed by atoms with E-state index in [4.69, 9.17) is 9.47 Å². The summed E-state index contributed by atoms with van der Waals surface area (Å²) in [6, 6.07) is 9.47. The zero-order chi connectivity index (χ0) is 13.2. The second kappa shape index (κ2) is 8.53. The maximum Gasteiger partial charge on any atom is 0.310 e. The molecule has 0 spiro atoms. The molecule has 18 heavy (non-hydrogen) atoms. The number of para-hydroxylation sites is 1. The van der Waals surface area contributed by atoms with Crippen LogP contribution >= 0.6 is 0 Å². The molecule has 0 saturated heterocycles. The van der Waals surface area contributed by atoms with Crippen molar-refractivity contribution in [1.29, 1.82) is 0 Å². The Labute approximate surface area is 108 Å². The number of carbonyl (C=O) groups excluding carboxylic acids is 1. The van der Waals surface area contributed by atoms with E-state index >= 15 is 0 Å². The molecule has 1 aromatic carbocycles. The lowest BCUT2D eigenvalue weighted by molar-refractivity contribution is -0.148. The molecule has 100 valence electrons. The van der Waals surface area contributed by atoms with E-state index in [1.807, 2.05) is 44.2 Å². The Kier molecular flexibility index (Phi) is 6.87. The van der Waals surface area contributed by atoms with Crippen LogP contribution in [-0.4, -0.2) is 32.3 Å². The minimum Gasteiger partial charge on any atom is -0.490 e. The molecule has 1 N–H and O–H groups in total. The summed E-state index contributed by atoms with van der Waals surface area (Å²) in [6.07, 6.45) is 0. The SMILES string of the molecule is CCNCC(C)C(=O)OCCOc1ccccc1. The predicted octanol–water partition coefficient (Wildman–Crippen LogP) is 1.85. The molecule has 1 rings (SSSR count). The fourth-order valence-corrected chi connectivity index (χ4v) is 1.40. The lowest BCUT2D eigenvalue weighted by atomic mass is 10.2. The second-order valence-electron chi connectivity index (χ2n) is 4.04. The van der Waals surface area contributed by atoms with Gasteiger partial charge in [-0.15, -0.1) is 0 Å². The van der Waals surface area contributed by atoms with Gasteiger partial charge in [0.15, 0.2) is 0 Å². The van der Waals surface area contributed by atoms with Gasteiger partial charge < -0.3 is 14.8 Å². The van der Waals surface area contributed by atoms with Crippen LogP contribution in [-0.2, 0) is 9.53 Å². The summed E-state index contributed by atoms with van der Waals surface area (Å²) >= 11 is 0. The highest BCUT2D eigenvalue weighted by molar-refractivity contribution is 5.72. The van der Waals surface area contributed by atoms with Gasteiger partial charge in [-0.1, -0.05) is 32.0 Å². The molecule has 1 atom stereocenters. The Bertz CT molecular complexity index is 340. The molecule has 0 fully saturated rings. The van der Waals surface area contributed by atoms with E-state index in [9.17, 15) is 4.79 Å². The minimum atomic E-state index is -0.187. The molecular weight excluding hydrogens is 230 g/mol. The smallest absolute Gasteiger partial charge is 0.310 e. The minimum absolute atomic E-state index is 0.123. The standard InChI is InChI=1S/C14H21NO3/c1-3-15-11-12(2)14(16)18-10-9-17-13-7-5-4-6-8-13/h4-8,12,15H,3,9-11H2,1-2H3. The molecule has 1 aromatic rings. The highest BCUT2D eigenvalue weighted by Crippen LogP contribution is 2.07. The van der Waals surface area contributed by atoms with E-state index in [0.29, 0.717) is 13.2 Å². The van der Waals surface area contributed by atoms with Gasteiger partial charge in [0.1, 0.15) is 19.0 Å². The van der Waals surface area contributed by atoms with Crippen molar-refractivity contribution in [3.05, 3.63) is 30.3 Å². The van der Waals surface area contributed by atoms with Gasteiger partial charge >= 0.3 is 5.97 Å². The largest absolute Gasteiger partial charge is 0.490 e. The Balaban J connectivity index is 2.12. The Morgan fingerprint density at radius 3 is 2.67 bits per heavy atom. The van der Waals surface area contributed by atoms with Crippen LogP contribution in [0.3, 0.4) is 0 Å². The monoisotopic (exact) mass is 251 g/mol. The van der Waals surface area contributed by atoms with Crippen molar-refractivity contribution < 1.29 is 14.3 Å². The van der Waals surface area contributed by atoms with Crippen LogP contribution in [0, 0.1) is 5.92 Å². The molecule has 4 nitrogen and oxygen atoms in total. The average Bonchev–Trinajstić information content (AvgIpc) is 2.41. The molecule has 0 heterocycles. The Morgan fingerprint density at radius 2 is 2.00 bits per heavy atom. The van der Waals surface area contributed by atoms with Gasteiger partial charge in [-0.3, -0.25) is 4.79 Å². The number of rotatable bonds is 8. The van der Waals surface area contributed by atoms with Gasteiger partial charge in [0.05, 0.1) is 5.92 Å². The first kappa shape index (κ1) is 14.5. The Morgan fingerprint density at radius 1 is 1.28 bits per heavy atom. The first-order valence-electron chi connectivity index (χ1n) is 6.29. The van der Waals surface area contributed by atoms with E-state index in [-0.39, 0.29) is 18.5 Å². The summed E-state index contributed by atoms with van der Waals surface area (Å²) in [4.78, 5) is 11.5. The molecule has 1 unspecified atom stereocenters. The summed E-state index contributed by atoms with van der Waals surface area (Å²) in [6.45, 7) is 6.02. The normalized spacial score (nSPS) is 11.9. The zero-order valence-corrected chi connectivity index (χ0v) is 11.0. The van der Waals surface area contributed by atoms with Crippen molar-refractivity contribution >= 4 is 5.97 Å². The number of esters is 1. The van der Waals surface area contributed by atoms with Crippen molar-refractivity contribution in [2.45, 2.75) is 13.8 Å². The van der Waals surface area contributed by atoms with Crippen LogP contribution in [0.2, 0.25) is 0 Å². The molecule has 0 radical (unpaired) electrons.